The van der Waals surface area contributed by atoms with Crippen LogP contribution in [0.15, 0.2) is 114 Å². The van der Waals surface area contributed by atoms with Gasteiger partial charge < -0.3 is 9.73 Å². The molecule has 2 heteroatoms. The van der Waals surface area contributed by atoms with Crippen molar-refractivity contribution in [2.75, 3.05) is 5.32 Å². The van der Waals surface area contributed by atoms with Crippen LogP contribution in [0.3, 0.4) is 0 Å². The molecule has 0 unspecified atom stereocenters. The number of anilines is 2. The van der Waals surface area contributed by atoms with Crippen molar-refractivity contribution >= 4 is 38.9 Å². The predicted octanol–water partition coefficient (Wildman–Crippen LogP) is 8.59. The molecule has 4 aromatic carbocycles. The summed E-state index contributed by atoms with van der Waals surface area (Å²) in [5, 5.41) is 5.77. The van der Waals surface area contributed by atoms with Crippen LogP contribution in [0.5, 0.6) is 0 Å². The molecule has 0 radical (unpaired) electrons. The van der Waals surface area contributed by atoms with Crippen molar-refractivity contribution in [1.29, 1.82) is 0 Å². The molecule has 2 nitrogen and oxygen atoms in total. The molecule has 0 amide bonds. The molecule has 0 bridgehead atoms. The Balaban J connectivity index is 1.42. The summed E-state index contributed by atoms with van der Waals surface area (Å²) in [7, 11) is 0. The Morgan fingerprint density at radius 1 is 0.774 bits per heavy atom. The van der Waals surface area contributed by atoms with Crippen LogP contribution in [0.4, 0.5) is 11.4 Å². The summed E-state index contributed by atoms with van der Waals surface area (Å²) in [4.78, 5) is 0. The molecular formula is C29H23NO. The highest BCUT2D eigenvalue weighted by Crippen LogP contribution is 2.36. The maximum Gasteiger partial charge on any atom is 0.143 e. The maximum absolute atomic E-state index is 6.19. The molecular weight excluding hydrogens is 378 g/mol. The summed E-state index contributed by atoms with van der Waals surface area (Å²) in [5.41, 5.74) is 8.49. The number of allylic oxidation sites excluding steroid dienone is 3. The van der Waals surface area contributed by atoms with Crippen LogP contribution >= 0.6 is 0 Å². The van der Waals surface area contributed by atoms with Gasteiger partial charge in [0.1, 0.15) is 11.2 Å². The summed E-state index contributed by atoms with van der Waals surface area (Å²) in [5.74, 6) is 0. The van der Waals surface area contributed by atoms with E-state index in [4.69, 9.17) is 4.42 Å². The van der Waals surface area contributed by atoms with Crippen molar-refractivity contribution in [2.24, 2.45) is 0 Å². The molecule has 0 spiro atoms. The lowest BCUT2D eigenvalue weighted by Gasteiger charge is -2.09. The van der Waals surface area contributed by atoms with Crippen molar-refractivity contribution in [3.05, 3.63) is 115 Å². The zero-order valence-corrected chi connectivity index (χ0v) is 17.4. The number of rotatable bonds is 5. The van der Waals surface area contributed by atoms with Crippen molar-refractivity contribution in [2.45, 2.75) is 6.92 Å². The Bertz CT molecular complexity index is 1400. The summed E-state index contributed by atoms with van der Waals surface area (Å²) in [6.45, 7) is 5.90. The van der Waals surface area contributed by atoms with Gasteiger partial charge in [0, 0.05) is 27.7 Å². The highest BCUT2D eigenvalue weighted by Gasteiger charge is 2.11. The van der Waals surface area contributed by atoms with Gasteiger partial charge in [-0.25, -0.2) is 0 Å². The fraction of sp³-hybridized carbons (Fsp3) is 0.0345. The van der Waals surface area contributed by atoms with Gasteiger partial charge in [-0.1, -0.05) is 79.4 Å². The fourth-order valence-electron chi connectivity index (χ4n) is 4.02. The Labute approximate surface area is 182 Å². The van der Waals surface area contributed by atoms with Crippen LogP contribution in [0.25, 0.3) is 38.6 Å². The second kappa shape index (κ2) is 8.00. The van der Waals surface area contributed by atoms with Gasteiger partial charge in [-0.05, 0) is 54.0 Å². The average Bonchev–Trinajstić information content (AvgIpc) is 3.20. The number of para-hydroxylation sites is 2. The zero-order chi connectivity index (χ0) is 21.2. The first-order valence-electron chi connectivity index (χ1n) is 10.4. The molecule has 0 aliphatic heterocycles. The third-order valence-corrected chi connectivity index (χ3v) is 5.64. The van der Waals surface area contributed by atoms with Crippen LogP contribution in [0.1, 0.15) is 12.5 Å². The fourth-order valence-corrected chi connectivity index (χ4v) is 4.02. The van der Waals surface area contributed by atoms with Gasteiger partial charge in [0.2, 0.25) is 0 Å². The van der Waals surface area contributed by atoms with Gasteiger partial charge in [-0.15, -0.1) is 0 Å². The first-order valence-corrected chi connectivity index (χ1v) is 10.4. The average molecular weight is 402 g/mol. The van der Waals surface area contributed by atoms with E-state index in [0.29, 0.717) is 0 Å². The van der Waals surface area contributed by atoms with Gasteiger partial charge in [0.05, 0.1) is 0 Å². The van der Waals surface area contributed by atoms with E-state index >= 15 is 0 Å². The van der Waals surface area contributed by atoms with Gasteiger partial charge in [-0.3, -0.25) is 0 Å². The molecule has 0 aliphatic carbocycles. The van der Waals surface area contributed by atoms with E-state index in [9.17, 15) is 0 Å². The Kier molecular flexibility index (Phi) is 4.89. The zero-order valence-electron chi connectivity index (χ0n) is 17.4. The van der Waals surface area contributed by atoms with E-state index in [1.165, 1.54) is 0 Å². The van der Waals surface area contributed by atoms with Crippen LogP contribution in [0.2, 0.25) is 0 Å². The molecule has 150 valence electrons. The first kappa shape index (κ1) is 19.0. The standard InChI is InChI=1S/C29H23NO/c1-3-20(4-2)21-12-16-23(17-13-21)30-24-18-14-22(15-19-24)25-9-7-10-27-26-8-5-6-11-28(26)31-29(25)27/h3-19,30H,1H2,2H3/b20-4+. The van der Waals surface area contributed by atoms with Crippen molar-refractivity contribution in [3.63, 3.8) is 0 Å². The smallest absolute Gasteiger partial charge is 0.143 e. The molecule has 31 heavy (non-hydrogen) atoms. The molecule has 1 heterocycles. The van der Waals surface area contributed by atoms with Crippen molar-refractivity contribution < 1.29 is 4.42 Å². The van der Waals surface area contributed by atoms with E-state index in [0.717, 1.165) is 55.6 Å². The Morgan fingerprint density at radius 3 is 2.16 bits per heavy atom. The van der Waals surface area contributed by atoms with Gasteiger partial charge >= 0.3 is 0 Å². The summed E-state index contributed by atoms with van der Waals surface area (Å²) < 4.78 is 6.19. The minimum atomic E-state index is 0.921. The monoisotopic (exact) mass is 401 g/mol. The second-order valence-electron chi connectivity index (χ2n) is 7.51. The van der Waals surface area contributed by atoms with E-state index in [2.05, 4.69) is 90.8 Å². The molecule has 1 N–H and O–H groups in total. The van der Waals surface area contributed by atoms with Gasteiger partial charge in [-0.2, -0.15) is 0 Å². The van der Waals surface area contributed by atoms with Crippen molar-refractivity contribution in [3.8, 4) is 11.1 Å². The lowest BCUT2D eigenvalue weighted by atomic mass is 10.0. The highest BCUT2D eigenvalue weighted by atomic mass is 16.3. The van der Waals surface area contributed by atoms with E-state index in [-0.39, 0.29) is 0 Å². The minimum Gasteiger partial charge on any atom is -0.455 e. The lowest BCUT2D eigenvalue weighted by molar-refractivity contribution is 0.670. The predicted molar refractivity (Wildman–Crippen MR) is 133 cm³/mol. The number of fused-ring (bicyclic) bond motifs is 3. The molecule has 5 aromatic rings. The Morgan fingerprint density at radius 2 is 1.45 bits per heavy atom. The molecule has 0 saturated heterocycles. The number of hydrogen-bond acceptors (Lipinski definition) is 2. The number of furan rings is 1. The van der Waals surface area contributed by atoms with Crippen LogP contribution in [-0.2, 0) is 0 Å². The number of hydrogen-bond donors (Lipinski definition) is 1. The molecule has 5 rings (SSSR count). The number of nitrogens with one attached hydrogen (secondary N) is 1. The quantitative estimate of drug-likeness (QED) is 0.298. The summed E-state index contributed by atoms with van der Waals surface area (Å²) in [6.07, 6.45) is 3.94. The third kappa shape index (κ3) is 3.53. The largest absolute Gasteiger partial charge is 0.455 e. The molecule has 0 fully saturated rings. The van der Waals surface area contributed by atoms with E-state index in [1.807, 2.05) is 31.2 Å². The molecule has 0 saturated carbocycles. The normalized spacial score (nSPS) is 11.7. The lowest BCUT2D eigenvalue weighted by Crippen LogP contribution is -1.91. The van der Waals surface area contributed by atoms with Crippen LogP contribution in [0, 0.1) is 0 Å². The van der Waals surface area contributed by atoms with Gasteiger partial charge in [0.15, 0.2) is 0 Å². The molecule has 1 aromatic heterocycles. The number of benzene rings is 4. The van der Waals surface area contributed by atoms with E-state index < -0.39 is 0 Å². The van der Waals surface area contributed by atoms with Crippen LogP contribution < -0.4 is 5.32 Å². The maximum atomic E-state index is 6.19. The SMILES string of the molecule is C=C/C(=C\C)c1ccc(Nc2ccc(-c3cccc4c3oc3ccccc34)cc2)cc1. The first-order chi connectivity index (χ1) is 15.3. The topological polar surface area (TPSA) is 25.2 Å². The molecule has 0 aliphatic rings. The Hall–Kier alpha value is -4.04. The summed E-state index contributed by atoms with van der Waals surface area (Å²) >= 11 is 0. The minimum absolute atomic E-state index is 0.921. The highest BCUT2D eigenvalue weighted by molar-refractivity contribution is 6.09. The second-order valence-corrected chi connectivity index (χ2v) is 7.51. The summed E-state index contributed by atoms with van der Waals surface area (Å²) in [6, 6.07) is 31.4. The van der Waals surface area contributed by atoms with Gasteiger partial charge in [0.25, 0.3) is 0 Å². The van der Waals surface area contributed by atoms with Crippen molar-refractivity contribution in [1.82, 2.24) is 0 Å². The van der Waals surface area contributed by atoms with Crippen LogP contribution in [-0.4, -0.2) is 0 Å². The molecule has 0 atom stereocenters. The third-order valence-electron chi connectivity index (χ3n) is 5.64. The van der Waals surface area contributed by atoms with E-state index in [1.54, 1.807) is 0 Å².